The molecule has 0 bridgehead atoms. The lowest BCUT2D eigenvalue weighted by Gasteiger charge is -2.21. The third-order valence-electron chi connectivity index (χ3n) is 4.89. The Morgan fingerprint density at radius 1 is 1.36 bits per heavy atom. The maximum atomic E-state index is 13.1. The van der Waals surface area contributed by atoms with Crippen molar-refractivity contribution < 1.29 is 14.3 Å². The lowest BCUT2D eigenvalue weighted by Crippen LogP contribution is -2.36. The van der Waals surface area contributed by atoms with Gasteiger partial charge in [-0.2, -0.15) is 5.10 Å². The van der Waals surface area contributed by atoms with Crippen molar-refractivity contribution in [2.45, 2.75) is 39.2 Å². The molecule has 134 valence electrons. The maximum absolute atomic E-state index is 13.1. The van der Waals surface area contributed by atoms with Gasteiger partial charge in [0.15, 0.2) is 0 Å². The fourth-order valence-corrected chi connectivity index (χ4v) is 3.06. The Balaban J connectivity index is 1.73. The van der Waals surface area contributed by atoms with Crippen molar-refractivity contribution >= 4 is 5.91 Å². The van der Waals surface area contributed by atoms with E-state index in [1.54, 1.807) is 28.8 Å². The van der Waals surface area contributed by atoms with Crippen LogP contribution in [0.1, 0.15) is 29.8 Å². The summed E-state index contributed by atoms with van der Waals surface area (Å²) >= 11 is 0. The van der Waals surface area contributed by atoms with Crippen molar-refractivity contribution in [3.63, 3.8) is 0 Å². The number of rotatable bonds is 6. The Bertz CT molecular complexity index is 766. The maximum Gasteiger partial charge on any atom is 0.226 e. The third-order valence-corrected chi connectivity index (χ3v) is 4.89. The second-order valence-electron chi connectivity index (χ2n) is 6.89. The highest BCUT2D eigenvalue weighted by Gasteiger charge is 2.31. The van der Waals surface area contributed by atoms with E-state index in [2.05, 4.69) is 5.10 Å². The van der Waals surface area contributed by atoms with Crippen LogP contribution < -0.4 is 0 Å². The van der Waals surface area contributed by atoms with Crippen LogP contribution >= 0.6 is 0 Å². The van der Waals surface area contributed by atoms with E-state index in [1.165, 1.54) is 12.1 Å². The molecule has 3 rings (SSSR count). The Kier molecular flexibility index (Phi) is 4.90. The second kappa shape index (κ2) is 6.96. The highest BCUT2D eigenvalue weighted by atomic mass is 19.1. The topological polar surface area (TPSA) is 58.4 Å². The van der Waals surface area contributed by atoms with E-state index in [-0.39, 0.29) is 18.1 Å². The van der Waals surface area contributed by atoms with Crippen LogP contribution in [0.3, 0.4) is 0 Å². The molecule has 1 amide bonds. The van der Waals surface area contributed by atoms with Crippen LogP contribution in [-0.2, 0) is 11.2 Å². The van der Waals surface area contributed by atoms with Crippen LogP contribution in [0, 0.1) is 25.6 Å². The minimum atomic E-state index is -0.432. The fraction of sp³-hybridized carbons (Fsp3) is 0.474. The summed E-state index contributed by atoms with van der Waals surface area (Å²) in [6, 6.07) is 6.12. The molecular weight excluding hydrogens is 321 g/mol. The van der Waals surface area contributed by atoms with Gasteiger partial charge in [0, 0.05) is 24.8 Å². The molecule has 6 heteroatoms. The molecule has 1 aliphatic rings. The van der Waals surface area contributed by atoms with E-state index in [4.69, 9.17) is 0 Å². The number of nitrogens with zero attached hydrogens (tertiary/aromatic N) is 3. The van der Waals surface area contributed by atoms with Gasteiger partial charge in [-0.15, -0.1) is 0 Å². The number of aliphatic hydroxyl groups is 1. The Morgan fingerprint density at radius 3 is 2.60 bits per heavy atom. The number of aromatic nitrogens is 2. The van der Waals surface area contributed by atoms with Gasteiger partial charge in [0.25, 0.3) is 0 Å². The zero-order chi connectivity index (χ0) is 18.1. The van der Waals surface area contributed by atoms with E-state index in [0.29, 0.717) is 12.5 Å². The summed E-state index contributed by atoms with van der Waals surface area (Å²) in [7, 11) is 1.73. The van der Waals surface area contributed by atoms with Crippen molar-refractivity contribution in [2.75, 3.05) is 13.6 Å². The van der Waals surface area contributed by atoms with Crippen LogP contribution in [0.2, 0.25) is 0 Å². The first kappa shape index (κ1) is 17.6. The summed E-state index contributed by atoms with van der Waals surface area (Å²) in [5, 5.41) is 14.5. The highest BCUT2D eigenvalue weighted by Crippen LogP contribution is 2.32. The molecule has 1 unspecified atom stereocenters. The molecule has 1 heterocycles. The quantitative estimate of drug-likeness (QED) is 0.875. The number of amides is 1. The molecule has 1 N–H and O–H groups in total. The molecule has 0 spiro atoms. The summed E-state index contributed by atoms with van der Waals surface area (Å²) in [6.07, 6.45) is 1.91. The van der Waals surface area contributed by atoms with Gasteiger partial charge in [0.2, 0.25) is 5.91 Å². The normalized spacial score (nSPS) is 15.2. The summed E-state index contributed by atoms with van der Waals surface area (Å²) in [5.41, 5.74) is 3.29. The Morgan fingerprint density at radius 2 is 2.00 bits per heavy atom. The highest BCUT2D eigenvalue weighted by molar-refractivity contribution is 5.79. The average molecular weight is 345 g/mol. The first-order chi connectivity index (χ1) is 11.9. The van der Waals surface area contributed by atoms with Crippen LogP contribution in [-0.4, -0.2) is 45.4 Å². The molecular formula is C19H24FN3O2. The predicted molar refractivity (Wildman–Crippen MR) is 93.1 cm³/mol. The summed E-state index contributed by atoms with van der Waals surface area (Å²) in [4.78, 5) is 14.1. The third kappa shape index (κ3) is 3.90. The molecule has 25 heavy (non-hydrogen) atoms. The van der Waals surface area contributed by atoms with Gasteiger partial charge in [-0.25, -0.2) is 9.07 Å². The van der Waals surface area contributed by atoms with Gasteiger partial charge in [-0.3, -0.25) is 4.79 Å². The molecule has 0 saturated heterocycles. The zero-order valence-electron chi connectivity index (χ0n) is 14.9. The Labute approximate surface area is 147 Å². The number of likely N-dealkylation sites (N-methyl/N-ethyl adjacent to an activating group) is 1. The molecule has 1 aromatic carbocycles. The van der Waals surface area contributed by atoms with Gasteiger partial charge in [-0.05, 0) is 56.9 Å². The number of hydrogen-bond donors (Lipinski definition) is 1. The minimum absolute atomic E-state index is 0.0374. The molecule has 0 radical (unpaired) electrons. The van der Waals surface area contributed by atoms with Gasteiger partial charge in [0.05, 0.1) is 23.9 Å². The molecule has 5 nitrogen and oxygen atoms in total. The van der Waals surface area contributed by atoms with Crippen molar-refractivity contribution in [1.29, 1.82) is 0 Å². The summed E-state index contributed by atoms with van der Waals surface area (Å²) in [5.74, 6) is 0.0148. The number of carbonyl (C=O) groups excluding carboxylic acids is 1. The first-order valence-corrected chi connectivity index (χ1v) is 8.60. The van der Waals surface area contributed by atoms with Gasteiger partial charge in [0.1, 0.15) is 5.82 Å². The lowest BCUT2D eigenvalue weighted by molar-refractivity contribution is -0.130. The van der Waals surface area contributed by atoms with E-state index in [0.717, 1.165) is 35.5 Å². The molecule has 1 fully saturated rings. The van der Waals surface area contributed by atoms with Crippen molar-refractivity contribution in [2.24, 2.45) is 5.92 Å². The molecule has 1 saturated carbocycles. The standard InChI is InChI=1S/C19H24FN3O2/c1-12-17(10-19(25)22(3)11-18(24)14-4-5-14)13(2)23(21-12)16-8-6-15(20)7-9-16/h6-9,14,18,24H,4-5,10-11H2,1-3H3. The first-order valence-electron chi connectivity index (χ1n) is 8.60. The number of aliphatic hydroxyl groups excluding tert-OH is 1. The van der Waals surface area contributed by atoms with E-state index >= 15 is 0 Å². The smallest absolute Gasteiger partial charge is 0.226 e. The SMILES string of the molecule is Cc1nn(-c2ccc(F)cc2)c(C)c1CC(=O)N(C)CC(O)C1CC1. The number of benzene rings is 1. The van der Waals surface area contributed by atoms with E-state index < -0.39 is 6.10 Å². The van der Waals surface area contributed by atoms with Crippen LogP contribution in [0.15, 0.2) is 24.3 Å². The van der Waals surface area contributed by atoms with E-state index in [9.17, 15) is 14.3 Å². The second-order valence-corrected chi connectivity index (χ2v) is 6.89. The minimum Gasteiger partial charge on any atom is -0.391 e. The summed E-state index contributed by atoms with van der Waals surface area (Å²) in [6.45, 7) is 4.15. The van der Waals surface area contributed by atoms with E-state index in [1.807, 2.05) is 13.8 Å². The molecule has 1 aromatic heterocycles. The van der Waals surface area contributed by atoms with Gasteiger partial charge < -0.3 is 10.0 Å². The van der Waals surface area contributed by atoms with Crippen molar-refractivity contribution in [1.82, 2.24) is 14.7 Å². The monoisotopic (exact) mass is 345 g/mol. The number of carbonyl (C=O) groups is 1. The van der Waals surface area contributed by atoms with Crippen LogP contribution in [0.25, 0.3) is 5.69 Å². The number of halogens is 1. The zero-order valence-corrected chi connectivity index (χ0v) is 14.9. The van der Waals surface area contributed by atoms with Gasteiger partial charge >= 0.3 is 0 Å². The number of hydrogen-bond acceptors (Lipinski definition) is 3. The van der Waals surface area contributed by atoms with Crippen LogP contribution in [0.5, 0.6) is 0 Å². The van der Waals surface area contributed by atoms with Crippen LogP contribution in [0.4, 0.5) is 4.39 Å². The lowest BCUT2D eigenvalue weighted by atomic mass is 10.1. The predicted octanol–water partition coefficient (Wildman–Crippen LogP) is 2.40. The Hall–Kier alpha value is -2.21. The molecule has 2 aromatic rings. The van der Waals surface area contributed by atoms with Gasteiger partial charge in [-0.1, -0.05) is 0 Å². The molecule has 0 aliphatic heterocycles. The molecule has 1 aliphatic carbocycles. The van der Waals surface area contributed by atoms with Crippen molar-refractivity contribution in [3.05, 3.63) is 47.0 Å². The summed E-state index contributed by atoms with van der Waals surface area (Å²) < 4.78 is 14.8. The average Bonchev–Trinajstić information content (AvgIpc) is 3.38. The van der Waals surface area contributed by atoms with Crippen molar-refractivity contribution in [3.8, 4) is 5.69 Å². The number of aryl methyl sites for hydroxylation is 1. The molecule has 1 atom stereocenters. The largest absolute Gasteiger partial charge is 0.391 e. The fourth-order valence-electron chi connectivity index (χ4n) is 3.06.